The summed E-state index contributed by atoms with van der Waals surface area (Å²) in [4.78, 5) is 101. The third-order valence-corrected chi connectivity index (χ3v) is 8.91. The second-order valence-corrected chi connectivity index (χ2v) is 16.0. The summed E-state index contributed by atoms with van der Waals surface area (Å²) in [7, 11) is 0. The van der Waals surface area contributed by atoms with E-state index in [1.165, 1.54) is 23.5 Å². The Morgan fingerprint density at radius 2 is 1.55 bits per heavy atom. The van der Waals surface area contributed by atoms with Crippen molar-refractivity contribution in [2.45, 2.75) is 136 Å². The third-order valence-electron chi connectivity index (χ3n) is 8.91. The average molecular weight is 783 g/mol. The number of Topliss-reactive ketones (excluding diaryl/α,β-unsaturated/α-hetero) is 1. The van der Waals surface area contributed by atoms with Crippen molar-refractivity contribution in [2.24, 2.45) is 17.8 Å². The molecule has 3 aliphatic rings. The molecule has 1 aromatic rings. The van der Waals surface area contributed by atoms with Gasteiger partial charge in [-0.1, -0.05) is 53.4 Å². The van der Waals surface area contributed by atoms with Gasteiger partial charge in [0.1, 0.15) is 17.3 Å². The van der Waals surface area contributed by atoms with Gasteiger partial charge in [0.05, 0.1) is 30.7 Å². The predicted molar refractivity (Wildman–Crippen MR) is 210 cm³/mol. The van der Waals surface area contributed by atoms with Crippen molar-refractivity contribution in [1.82, 2.24) is 41.5 Å². The Morgan fingerprint density at radius 1 is 0.911 bits per heavy atom. The first-order valence-electron chi connectivity index (χ1n) is 19.6. The van der Waals surface area contributed by atoms with Gasteiger partial charge in [-0.2, -0.15) is 0 Å². The number of likely N-dealkylation sites (tertiary alicyclic amines) is 1. The fourth-order valence-electron chi connectivity index (χ4n) is 6.20. The minimum absolute atomic E-state index is 0.0332. The van der Waals surface area contributed by atoms with Gasteiger partial charge in [-0.05, 0) is 64.7 Å². The van der Waals surface area contributed by atoms with Gasteiger partial charge in [-0.3, -0.25) is 33.8 Å². The molecule has 0 radical (unpaired) electrons. The number of nitrogens with zero attached hydrogens (tertiary/aromatic N) is 3. The molecular formula is C40H62N8O8. The number of terminal acetylenes is 1. The summed E-state index contributed by atoms with van der Waals surface area (Å²) >= 11 is 0. The SMILES string of the molecule is C#C.CC(C)C.CCCC(NC(=O)[C@@H]1CN(C(=O)OC(C)(C)C)C[C@@H]1NC(=O)CNC(=O)C(NC(=O)c1cnccn1)C1CCCCC1)C(=O)C(=O)NC1CC1. The third kappa shape index (κ3) is 16.3. The zero-order valence-electron chi connectivity index (χ0n) is 34.0. The maximum absolute atomic E-state index is 13.6. The first-order valence-corrected chi connectivity index (χ1v) is 19.6. The number of ketones is 1. The number of hydrogen-bond acceptors (Lipinski definition) is 10. The van der Waals surface area contributed by atoms with Gasteiger partial charge >= 0.3 is 6.09 Å². The Kier molecular flexibility index (Phi) is 19.4. The highest BCUT2D eigenvalue weighted by molar-refractivity contribution is 6.38. The summed E-state index contributed by atoms with van der Waals surface area (Å²) in [6.07, 6.45) is 18.1. The normalized spacial score (nSPS) is 19.0. The van der Waals surface area contributed by atoms with E-state index in [0.717, 1.165) is 50.9 Å². The van der Waals surface area contributed by atoms with Crippen LogP contribution in [-0.4, -0.2) is 106 Å². The van der Waals surface area contributed by atoms with Crippen molar-refractivity contribution < 1.29 is 38.3 Å². The molecule has 16 heteroatoms. The van der Waals surface area contributed by atoms with Gasteiger partial charge in [0.15, 0.2) is 0 Å². The fourth-order valence-corrected chi connectivity index (χ4v) is 6.20. The predicted octanol–water partition coefficient (Wildman–Crippen LogP) is 2.67. The van der Waals surface area contributed by atoms with Gasteiger partial charge in [-0.15, -0.1) is 12.8 Å². The first kappa shape index (κ1) is 47.1. The second-order valence-electron chi connectivity index (χ2n) is 16.0. The molecule has 3 fully saturated rings. The molecule has 2 unspecified atom stereocenters. The number of ether oxygens (including phenoxy) is 1. The van der Waals surface area contributed by atoms with E-state index in [-0.39, 0.29) is 37.2 Å². The number of hydrogen-bond donors (Lipinski definition) is 5. The molecule has 310 valence electrons. The maximum atomic E-state index is 13.6. The lowest BCUT2D eigenvalue weighted by molar-refractivity contribution is -0.140. The lowest BCUT2D eigenvalue weighted by Gasteiger charge is -2.30. The molecule has 0 aromatic carbocycles. The van der Waals surface area contributed by atoms with Crippen LogP contribution in [0.5, 0.6) is 0 Å². The molecule has 2 aliphatic carbocycles. The van der Waals surface area contributed by atoms with E-state index in [4.69, 9.17) is 4.74 Å². The summed E-state index contributed by atoms with van der Waals surface area (Å²) in [6, 6.07) is -2.91. The minimum Gasteiger partial charge on any atom is -0.444 e. The number of nitrogens with one attached hydrogen (secondary N) is 5. The van der Waals surface area contributed by atoms with Crippen molar-refractivity contribution in [3.05, 3.63) is 24.3 Å². The van der Waals surface area contributed by atoms with Crippen LogP contribution in [-0.2, 0) is 28.7 Å². The van der Waals surface area contributed by atoms with Gasteiger partial charge in [0.2, 0.25) is 23.5 Å². The van der Waals surface area contributed by atoms with Crippen molar-refractivity contribution >= 4 is 41.4 Å². The van der Waals surface area contributed by atoms with Crippen LogP contribution in [0.15, 0.2) is 18.6 Å². The van der Waals surface area contributed by atoms with Crippen LogP contribution in [0.4, 0.5) is 4.79 Å². The highest BCUT2D eigenvalue weighted by Gasteiger charge is 2.43. The van der Waals surface area contributed by atoms with Gasteiger partial charge in [0.25, 0.3) is 11.8 Å². The number of amides is 6. The largest absolute Gasteiger partial charge is 0.444 e. The highest BCUT2D eigenvalue weighted by atomic mass is 16.6. The van der Waals surface area contributed by atoms with Crippen LogP contribution >= 0.6 is 0 Å². The molecule has 5 N–H and O–H groups in total. The zero-order chi connectivity index (χ0) is 42.0. The average Bonchev–Trinajstić information content (AvgIpc) is 3.87. The van der Waals surface area contributed by atoms with Gasteiger partial charge in [0, 0.05) is 31.5 Å². The smallest absolute Gasteiger partial charge is 0.410 e. The Labute approximate surface area is 331 Å². The molecule has 56 heavy (non-hydrogen) atoms. The fraction of sp³-hybridized carbons (Fsp3) is 0.675. The number of carbonyl (C=O) groups is 7. The van der Waals surface area contributed by atoms with Crippen LogP contribution < -0.4 is 26.6 Å². The summed E-state index contributed by atoms with van der Waals surface area (Å²) < 4.78 is 5.50. The van der Waals surface area contributed by atoms with Crippen molar-refractivity contribution in [1.29, 1.82) is 0 Å². The Balaban J connectivity index is 0.00000169. The van der Waals surface area contributed by atoms with Crippen molar-refractivity contribution in [3.8, 4) is 12.8 Å². The van der Waals surface area contributed by atoms with Crippen LogP contribution in [0.2, 0.25) is 0 Å². The zero-order valence-corrected chi connectivity index (χ0v) is 34.0. The Bertz CT molecular complexity index is 1500. The van der Waals surface area contributed by atoms with Crippen molar-refractivity contribution in [3.63, 3.8) is 0 Å². The van der Waals surface area contributed by atoms with Crippen LogP contribution in [0.25, 0.3) is 0 Å². The molecule has 2 heterocycles. The molecular weight excluding hydrogens is 720 g/mol. The molecule has 0 spiro atoms. The van der Waals surface area contributed by atoms with Crippen LogP contribution in [0, 0.1) is 30.6 Å². The lowest BCUT2D eigenvalue weighted by atomic mass is 9.83. The van der Waals surface area contributed by atoms with E-state index in [9.17, 15) is 33.6 Å². The summed E-state index contributed by atoms with van der Waals surface area (Å²) in [5.41, 5.74) is -0.754. The minimum atomic E-state index is -1.08. The van der Waals surface area contributed by atoms with Crippen LogP contribution in [0.1, 0.15) is 117 Å². The standard InChI is InChI=1S/C34H50N8O8.C4H10.C2H2/c1-5-9-23(28(44)32(48)38-21-12-13-21)40-29(45)22-18-42(33(49)50-34(2,3)4)19-25(22)39-26(43)17-37-31(47)27(20-10-7-6-8-11-20)41-30(46)24-16-35-14-15-36-24;1-4(2)3;1-2/h14-16,20-23,25,27H,5-13,17-19H2,1-4H3,(H,37,47)(H,38,48)(H,39,43)(H,40,45)(H,41,46);4H,1-3H3;1-2H/t22-,23?,25+,27?;;/m1../s1. The molecule has 4 atom stereocenters. The Morgan fingerprint density at radius 3 is 2.11 bits per heavy atom. The van der Waals surface area contributed by atoms with E-state index in [0.29, 0.717) is 6.42 Å². The molecule has 2 saturated carbocycles. The topological polar surface area (TPSA) is 218 Å². The quantitative estimate of drug-likeness (QED) is 0.137. The highest BCUT2D eigenvalue weighted by Crippen LogP contribution is 2.27. The lowest BCUT2D eigenvalue weighted by Crippen LogP contribution is -2.55. The molecule has 4 rings (SSSR count). The van der Waals surface area contributed by atoms with Gasteiger partial charge in [-0.25, -0.2) is 9.78 Å². The number of carbonyl (C=O) groups excluding carboxylic acids is 7. The van der Waals surface area contributed by atoms with E-state index in [1.807, 2.05) is 6.92 Å². The van der Waals surface area contributed by atoms with E-state index in [2.05, 4.69) is 70.2 Å². The van der Waals surface area contributed by atoms with Crippen molar-refractivity contribution in [2.75, 3.05) is 19.6 Å². The molecule has 1 aromatic heterocycles. The number of rotatable bonds is 14. The Hall–Kier alpha value is -5.07. The summed E-state index contributed by atoms with van der Waals surface area (Å²) in [5.74, 6) is -4.12. The van der Waals surface area contributed by atoms with E-state index >= 15 is 0 Å². The second kappa shape index (κ2) is 23.1. The monoisotopic (exact) mass is 782 g/mol. The van der Waals surface area contributed by atoms with E-state index < -0.39 is 77.6 Å². The first-order chi connectivity index (χ1) is 26.5. The molecule has 16 nitrogen and oxygen atoms in total. The molecule has 6 amide bonds. The summed E-state index contributed by atoms with van der Waals surface area (Å²) in [6.45, 7) is 12.8. The van der Waals surface area contributed by atoms with E-state index in [1.54, 1.807) is 20.8 Å². The van der Waals surface area contributed by atoms with Gasteiger partial charge < -0.3 is 36.2 Å². The summed E-state index contributed by atoms with van der Waals surface area (Å²) in [5, 5.41) is 13.5. The molecule has 1 aliphatic heterocycles. The number of aromatic nitrogens is 2. The van der Waals surface area contributed by atoms with Crippen LogP contribution in [0.3, 0.4) is 0 Å². The molecule has 1 saturated heterocycles. The maximum Gasteiger partial charge on any atom is 0.410 e. The molecule has 0 bridgehead atoms.